The SMILES string of the molecule is Cc1nc(CN2CC[C@@]3(CC(C(=O)NCCN4CCOCC4)=NO3)C2)cs1. The first-order valence-corrected chi connectivity index (χ1v) is 10.5. The molecular weight excluding hydrogens is 366 g/mol. The van der Waals surface area contributed by atoms with Gasteiger partial charge in [-0.2, -0.15) is 0 Å². The molecule has 27 heavy (non-hydrogen) atoms. The molecule has 148 valence electrons. The summed E-state index contributed by atoms with van der Waals surface area (Å²) < 4.78 is 5.34. The number of oxime groups is 1. The summed E-state index contributed by atoms with van der Waals surface area (Å²) in [6.45, 7) is 9.45. The summed E-state index contributed by atoms with van der Waals surface area (Å²) in [7, 11) is 0. The van der Waals surface area contributed by atoms with E-state index in [1.807, 2.05) is 6.92 Å². The van der Waals surface area contributed by atoms with E-state index in [2.05, 4.69) is 30.6 Å². The number of nitrogens with one attached hydrogen (secondary N) is 1. The van der Waals surface area contributed by atoms with Crippen LogP contribution in [0, 0.1) is 6.92 Å². The van der Waals surface area contributed by atoms with E-state index in [4.69, 9.17) is 9.57 Å². The van der Waals surface area contributed by atoms with Crippen LogP contribution in [-0.2, 0) is 20.9 Å². The molecule has 0 saturated carbocycles. The average molecular weight is 394 g/mol. The molecule has 3 aliphatic heterocycles. The summed E-state index contributed by atoms with van der Waals surface area (Å²) in [4.78, 5) is 27.3. The molecule has 1 N–H and O–H groups in total. The van der Waals surface area contributed by atoms with Crippen LogP contribution in [0.4, 0.5) is 0 Å². The van der Waals surface area contributed by atoms with Gasteiger partial charge in [-0.1, -0.05) is 5.16 Å². The van der Waals surface area contributed by atoms with Crippen molar-refractivity contribution in [3.63, 3.8) is 0 Å². The number of hydrogen-bond acceptors (Lipinski definition) is 8. The van der Waals surface area contributed by atoms with Crippen molar-refractivity contribution < 1.29 is 14.4 Å². The number of morpholine rings is 1. The molecule has 3 aliphatic rings. The number of carbonyl (C=O) groups is 1. The molecule has 8 nitrogen and oxygen atoms in total. The number of hydrogen-bond donors (Lipinski definition) is 1. The minimum Gasteiger partial charge on any atom is -0.387 e. The van der Waals surface area contributed by atoms with Crippen LogP contribution in [0.15, 0.2) is 10.5 Å². The fraction of sp³-hybridized carbons (Fsp3) is 0.722. The minimum atomic E-state index is -0.345. The summed E-state index contributed by atoms with van der Waals surface area (Å²) in [6.07, 6.45) is 1.48. The van der Waals surface area contributed by atoms with Crippen molar-refractivity contribution in [2.75, 3.05) is 52.5 Å². The maximum Gasteiger partial charge on any atom is 0.269 e. The molecule has 1 spiro atoms. The van der Waals surface area contributed by atoms with Crippen LogP contribution in [0.1, 0.15) is 23.5 Å². The van der Waals surface area contributed by atoms with Crippen molar-refractivity contribution in [3.05, 3.63) is 16.1 Å². The molecule has 1 amide bonds. The highest BCUT2D eigenvalue weighted by molar-refractivity contribution is 7.09. The lowest BCUT2D eigenvalue weighted by molar-refractivity contribution is -0.115. The average Bonchev–Trinajstić information content (AvgIpc) is 3.38. The number of likely N-dealkylation sites (tertiary alicyclic amines) is 1. The Morgan fingerprint density at radius 3 is 2.96 bits per heavy atom. The Bertz CT molecular complexity index is 703. The van der Waals surface area contributed by atoms with Gasteiger partial charge >= 0.3 is 0 Å². The Labute approximate surface area is 163 Å². The second-order valence-corrected chi connectivity index (χ2v) is 8.58. The van der Waals surface area contributed by atoms with Gasteiger partial charge in [0.15, 0.2) is 5.60 Å². The molecule has 1 aromatic rings. The highest BCUT2D eigenvalue weighted by Crippen LogP contribution is 2.34. The van der Waals surface area contributed by atoms with Crippen molar-refractivity contribution in [1.29, 1.82) is 0 Å². The standard InChI is InChI=1S/C18H27N5O3S/c1-14-20-15(12-27-14)11-23-4-2-18(13-23)10-16(21-26-18)17(24)19-3-5-22-6-8-25-9-7-22/h12H,2-11,13H2,1H3,(H,19,24)/t18-/m1/s1. The van der Waals surface area contributed by atoms with Gasteiger partial charge in [0.25, 0.3) is 5.91 Å². The molecule has 2 saturated heterocycles. The first kappa shape index (κ1) is 18.8. The largest absolute Gasteiger partial charge is 0.387 e. The quantitative estimate of drug-likeness (QED) is 0.763. The topological polar surface area (TPSA) is 79.3 Å². The number of aryl methyl sites for hydroxylation is 1. The van der Waals surface area contributed by atoms with Crippen molar-refractivity contribution in [3.8, 4) is 0 Å². The maximum atomic E-state index is 12.4. The molecule has 0 unspecified atom stereocenters. The van der Waals surface area contributed by atoms with Crippen LogP contribution >= 0.6 is 11.3 Å². The molecule has 2 fully saturated rings. The third-order valence-electron chi connectivity index (χ3n) is 5.37. The van der Waals surface area contributed by atoms with Crippen LogP contribution in [0.3, 0.4) is 0 Å². The van der Waals surface area contributed by atoms with Crippen molar-refractivity contribution in [1.82, 2.24) is 20.1 Å². The molecular formula is C18H27N5O3S. The summed E-state index contributed by atoms with van der Waals surface area (Å²) >= 11 is 1.68. The third kappa shape index (κ3) is 4.66. The van der Waals surface area contributed by atoms with Crippen LogP contribution in [-0.4, -0.2) is 84.5 Å². The van der Waals surface area contributed by atoms with Gasteiger partial charge in [-0.25, -0.2) is 4.98 Å². The van der Waals surface area contributed by atoms with E-state index in [0.717, 1.165) is 69.6 Å². The lowest BCUT2D eigenvalue weighted by atomic mass is 9.96. The molecule has 4 heterocycles. The number of amides is 1. The molecule has 1 atom stereocenters. The van der Waals surface area contributed by atoms with Crippen molar-refractivity contribution in [2.45, 2.75) is 31.9 Å². The number of nitrogens with zero attached hydrogens (tertiary/aromatic N) is 4. The van der Waals surface area contributed by atoms with Gasteiger partial charge in [-0.3, -0.25) is 14.6 Å². The van der Waals surface area contributed by atoms with E-state index in [0.29, 0.717) is 18.7 Å². The van der Waals surface area contributed by atoms with Crippen LogP contribution in [0.2, 0.25) is 0 Å². The highest BCUT2D eigenvalue weighted by atomic mass is 32.1. The van der Waals surface area contributed by atoms with E-state index in [9.17, 15) is 4.79 Å². The predicted octanol–water partition coefficient (Wildman–Crippen LogP) is 0.621. The highest BCUT2D eigenvalue weighted by Gasteiger charge is 2.46. The number of ether oxygens (including phenoxy) is 1. The second kappa shape index (κ2) is 8.22. The van der Waals surface area contributed by atoms with Crippen molar-refractivity contribution in [2.24, 2.45) is 5.16 Å². The number of thiazole rings is 1. The van der Waals surface area contributed by atoms with E-state index < -0.39 is 0 Å². The molecule has 9 heteroatoms. The monoisotopic (exact) mass is 393 g/mol. The van der Waals surface area contributed by atoms with Crippen LogP contribution in [0.5, 0.6) is 0 Å². The zero-order valence-electron chi connectivity index (χ0n) is 15.8. The summed E-state index contributed by atoms with van der Waals surface area (Å²) in [5.41, 5.74) is 1.28. The molecule has 0 radical (unpaired) electrons. The lowest BCUT2D eigenvalue weighted by Gasteiger charge is -2.26. The number of carbonyl (C=O) groups excluding carboxylic acids is 1. The zero-order chi connectivity index (χ0) is 18.7. The van der Waals surface area contributed by atoms with Crippen LogP contribution in [0.25, 0.3) is 0 Å². The predicted molar refractivity (Wildman–Crippen MR) is 103 cm³/mol. The molecule has 0 aromatic carbocycles. The van der Waals surface area contributed by atoms with Gasteiger partial charge in [-0.05, 0) is 6.92 Å². The summed E-state index contributed by atoms with van der Waals surface area (Å²) in [5.74, 6) is -0.103. The normalized spacial score (nSPS) is 26.3. The van der Waals surface area contributed by atoms with E-state index in [1.54, 1.807) is 11.3 Å². The zero-order valence-corrected chi connectivity index (χ0v) is 16.6. The van der Waals surface area contributed by atoms with Gasteiger partial charge in [0, 0.05) is 64.0 Å². The lowest BCUT2D eigenvalue weighted by Crippen LogP contribution is -2.43. The summed E-state index contributed by atoms with van der Waals surface area (Å²) in [6, 6.07) is 0. The third-order valence-corrected chi connectivity index (χ3v) is 6.19. The molecule has 4 rings (SSSR count). The van der Waals surface area contributed by atoms with Gasteiger partial charge in [0.2, 0.25) is 0 Å². The van der Waals surface area contributed by atoms with Crippen LogP contribution < -0.4 is 5.32 Å². The van der Waals surface area contributed by atoms with E-state index in [1.165, 1.54) is 0 Å². The minimum absolute atomic E-state index is 0.103. The van der Waals surface area contributed by atoms with Crippen molar-refractivity contribution >= 4 is 23.0 Å². The van der Waals surface area contributed by atoms with Gasteiger partial charge in [0.1, 0.15) is 5.71 Å². The fourth-order valence-corrected chi connectivity index (χ4v) is 4.49. The number of aromatic nitrogens is 1. The molecule has 0 bridgehead atoms. The van der Waals surface area contributed by atoms with Gasteiger partial charge < -0.3 is 14.9 Å². The Hall–Kier alpha value is -1.55. The second-order valence-electron chi connectivity index (χ2n) is 7.52. The smallest absolute Gasteiger partial charge is 0.269 e. The first-order chi connectivity index (χ1) is 13.1. The molecule has 1 aromatic heterocycles. The van der Waals surface area contributed by atoms with Gasteiger partial charge in [-0.15, -0.1) is 11.3 Å². The Kier molecular flexibility index (Phi) is 5.72. The number of rotatable bonds is 6. The molecule has 0 aliphatic carbocycles. The van der Waals surface area contributed by atoms with E-state index in [-0.39, 0.29) is 11.5 Å². The summed E-state index contributed by atoms with van der Waals surface area (Å²) in [5, 5.41) is 10.3. The Morgan fingerprint density at radius 1 is 1.33 bits per heavy atom. The van der Waals surface area contributed by atoms with Gasteiger partial charge in [0.05, 0.1) is 23.9 Å². The van der Waals surface area contributed by atoms with E-state index >= 15 is 0 Å². The Morgan fingerprint density at radius 2 is 2.19 bits per heavy atom. The maximum absolute atomic E-state index is 12.4. The fourth-order valence-electron chi connectivity index (χ4n) is 3.89. The Balaban J connectivity index is 1.21. The first-order valence-electron chi connectivity index (χ1n) is 9.59.